The van der Waals surface area contributed by atoms with E-state index in [2.05, 4.69) is 0 Å². The molecule has 6 heteroatoms. The summed E-state index contributed by atoms with van der Waals surface area (Å²) in [5.74, 6) is -0.435. The van der Waals surface area contributed by atoms with Crippen LogP contribution < -0.4 is 4.90 Å². The number of carbonyl (C=O) groups excluding carboxylic acids is 1. The van der Waals surface area contributed by atoms with E-state index in [1.165, 1.54) is 17.0 Å². The van der Waals surface area contributed by atoms with Crippen LogP contribution in [0.2, 0.25) is 0 Å². The second-order valence-electron chi connectivity index (χ2n) is 5.38. The van der Waals surface area contributed by atoms with E-state index in [9.17, 15) is 14.0 Å². The Kier molecular flexibility index (Phi) is 2.70. The van der Waals surface area contributed by atoms with Crippen LogP contribution in [0, 0.1) is 5.82 Å². The highest BCUT2D eigenvalue weighted by Gasteiger charge is 2.51. The van der Waals surface area contributed by atoms with Crippen molar-refractivity contribution in [3.8, 4) is 0 Å². The van der Waals surface area contributed by atoms with Crippen LogP contribution in [0.15, 0.2) is 18.2 Å². The maximum absolute atomic E-state index is 13.5. The number of carboxylic acid groups (broad SMARTS) is 1. The summed E-state index contributed by atoms with van der Waals surface area (Å²) in [5.41, 5.74) is 0.646. The Morgan fingerprint density at radius 2 is 2.00 bits per heavy atom. The van der Waals surface area contributed by atoms with Crippen LogP contribution in [0.25, 0.3) is 0 Å². The highest BCUT2D eigenvalue weighted by molar-refractivity contribution is 6.07. The molecule has 0 bridgehead atoms. The Hall–Kier alpha value is -2.11. The number of carbonyl (C=O) groups is 2. The Bertz CT molecular complexity index is 594. The Morgan fingerprint density at radius 3 is 2.60 bits per heavy atom. The van der Waals surface area contributed by atoms with Crippen LogP contribution in [-0.4, -0.2) is 42.1 Å². The van der Waals surface area contributed by atoms with Gasteiger partial charge in [-0.2, -0.15) is 0 Å². The standard InChI is InChI=1S/C14H15FN2O3/c1-16-11-3-2-9(15)8-10(11)14(12(16)18)4-6-17(7-5-14)13(19)20/h2-3,8H,4-7H2,1H3,(H,19,20). The van der Waals surface area contributed by atoms with Crippen molar-refractivity contribution in [3.05, 3.63) is 29.6 Å². The Morgan fingerprint density at radius 1 is 1.35 bits per heavy atom. The molecule has 2 heterocycles. The fraction of sp³-hybridized carbons (Fsp3) is 0.429. The van der Waals surface area contributed by atoms with E-state index in [0.717, 1.165) is 5.69 Å². The number of likely N-dealkylation sites (N-methyl/N-ethyl adjacent to an activating group) is 1. The van der Waals surface area contributed by atoms with Gasteiger partial charge in [0, 0.05) is 25.8 Å². The van der Waals surface area contributed by atoms with Crippen LogP contribution in [0.3, 0.4) is 0 Å². The summed E-state index contributed by atoms with van der Waals surface area (Å²) in [6.07, 6.45) is -0.171. The first-order valence-electron chi connectivity index (χ1n) is 6.52. The van der Waals surface area contributed by atoms with Crippen LogP contribution in [0.1, 0.15) is 18.4 Å². The second-order valence-corrected chi connectivity index (χ2v) is 5.38. The van der Waals surface area contributed by atoms with Crippen LogP contribution in [-0.2, 0) is 10.2 Å². The van der Waals surface area contributed by atoms with E-state index in [4.69, 9.17) is 5.11 Å². The first-order valence-corrected chi connectivity index (χ1v) is 6.52. The predicted octanol–water partition coefficient (Wildman–Crippen LogP) is 1.81. The van der Waals surface area contributed by atoms with Gasteiger partial charge < -0.3 is 14.9 Å². The number of likely N-dealkylation sites (tertiary alicyclic amines) is 1. The number of benzene rings is 1. The summed E-state index contributed by atoms with van der Waals surface area (Å²) in [5, 5.41) is 9.00. The number of hydrogen-bond donors (Lipinski definition) is 1. The third-order valence-electron chi connectivity index (χ3n) is 4.44. The molecule has 1 spiro atoms. The third kappa shape index (κ3) is 1.60. The summed E-state index contributed by atoms with van der Waals surface area (Å²) in [6, 6.07) is 4.36. The van der Waals surface area contributed by atoms with E-state index >= 15 is 0 Å². The van der Waals surface area contributed by atoms with Gasteiger partial charge in [-0.3, -0.25) is 4.79 Å². The Balaban J connectivity index is 2.01. The van der Waals surface area contributed by atoms with Gasteiger partial charge in [0.25, 0.3) is 0 Å². The maximum Gasteiger partial charge on any atom is 0.407 e. The SMILES string of the molecule is CN1C(=O)C2(CCN(C(=O)O)CC2)c2cc(F)ccc21. The highest BCUT2D eigenvalue weighted by atomic mass is 19.1. The lowest BCUT2D eigenvalue weighted by Gasteiger charge is -2.37. The van der Waals surface area contributed by atoms with Crippen molar-refractivity contribution in [3.63, 3.8) is 0 Å². The van der Waals surface area contributed by atoms with Gasteiger partial charge in [-0.05, 0) is 36.6 Å². The van der Waals surface area contributed by atoms with Gasteiger partial charge in [0.15, 0.2) is 0 Å². The predicted molar refractivity (Wildman–Crippen MR) is 70.3 cm³/mol. The zero-order valence-electron chi connectivity index (χ0n) is 11.1. The number of amides is 2. The van der Waals surface area contributed by atoms with Gasteiger partial charge in [-0.1, -0.05) is 0 Å². The van der Waals surface area contributed by atoms with Gasteiger partial charge in [0.2, 0.25) is 5.91 Å². The van der Waals surface area contributed by atoms with Crippen molar-refractivity contribution in [2.45, 2.75) is 18.3 Å². The molecule has 1 aromatic rings. The number of anilines is 1. The zero-order valence-corrected chi connectivity index (χ0v) is 11.1. The average Bonchev–Trinajstić information content (AvgIpc) is 2.62. The minimum atomic E-state index is -0.974. The quantitative estimate of drug-likeness (QED) is 0.787. The number of nitrogens with zero attached hydrogens (tertiary/aromatic N) is 2. The second kappa shape index (κ2) is 4.19. The molecule has 2 aliphatic heterocycles. The fourth-order valence-corrected chi connectivity index (χ4v) is 3.29. The molecule has 20 heavy (non-hydrogen) atoms. The van der Waals surface area contributed by atoms with Gasteiger partial charge in [0.05, 0.1) is 5.41 Å². The van der Waals surface area contributed by atoms with Gasteiger partial charge in [0.1, 0.15) is 5.82 Å². The number of hydrogen-bond acceptors (Lipinski definition) is 2. The van der Waals surface area contributed by atoms with Crippen molar-refractivity contribution in [1.82, 2.24) is 4.90 Å². The van der Waals surface area contributed by atoms with Crippen molar-refractivity contribution >= 4 is 17.7 Å². The minimum Gasteiger partial charge on any atom is -0.465 e. The monoisotopic (exact) mass is 278 g/mol. The lowest BCUT2D eigenvalue weighted by Crippen LogP contribution is -2.49. The normalized spacial score (nSPS) is 20.4. The van der Waals surface area contributed by atoms with E-state index in [1.807, 2.05) is 0 Å². The molecule has 0 saturated carbocycles. The van der Waals surface area contributed by atoms with Crippen LogP contribution in [0.5, 0.6) is 0 Å². The number of piperidine rings is 1. The van der Waals surface area contributed by atoms with E-state index < -0.39 is 11.5 Å². The molecule has 1 fully saturated rings. The molecule has 1 N–H and O–H groups in total. The lowest BCUT2D eigenvalue weighted by molar-refractivity contribution is -0.124. The molecule has 2 aliphatic rings. The zero-order chi connectivity index (χ0) is 14.5. The molecular formula is C14H15FN2O3. The lowest BCUT2D eigenvalue weighted by atomic mass is 9.73. The number of rotatable bonds is 0. The topological polar surface area (TPSA) is 60.9 Å². The molecule has 0 aromatic heterocycles. The molecule has 0 atom stereocenters. The molecular weight excluding hydrogens is 263 g/mol. The van der Waals surface area contributed by atoms with Gasteiger partial charge in [-0.25, -0.2) is 9.18 Å². The first-order chi connectivity index (χ1) is 9.45. The molecule has 3 rings (SSSR count). The van der Waals surface area contributed by atoms with Crippen molar-refractivity contribution in [2.24, 2.45) is 0 Å². The molecule has 5 nitrogen and oxygen atoms in total. The smallest absolute Gasteiger partial charge is 0.407 e. The van der Waals surface area contributed by atoms with Gasteiger partial charge >= 0.3 is 6.09 Å². The highest BCUT2D eigenvalue weighted by Crippen LogP contribution is 2.47. The largest absolute Gasteiger partial charge is 0.465 e. The molecule has 1 aromatic carbocycles. The maximum atomic E-state index is 13.5. The summed E-state index contributed by atoms with van der Waals surface area (Å²) < 4.78 is 13.5. The summed E-state index contributed by atoms with van der Waals surface area (Å²) in [7, 11) is 1.68. The van der Waals surface area contributed by atoms with Crippen molar-refractivity contribution in [1.29, 1.82) is 0 Å². The van der Waals surface area contributed by atoms with E-state index in [1.54, 1.807) is 18.0 Å². The summed E-state index contributed by atoms with van der Waals surface area (Å²) in [6.45, 7) is 0.593. The fourth-order valence-electron chi connectivity index (χ4n) is 3.29. The molecule has 106 valence electrons. The third-order valence-corrected chi connectivity index (χ3v) is 4.44. The first kappa shape index (κ1) is 12.9. The number of halogens is 1. The Labute approximate surface area is 115 Å². The van der Waals surface area contributed by atoms with E-state index in [0.29, 0.717) is 31.5 Å². The van der Waals surface area contributed by atoms with Crippen molar-refractivity contribution in [2.75, 3.05) is 25.0 Å². The minimum absolute atomic E-state index is 0.0665. The van der Waals surface area contributed by atoms with Crippen LogP contribution in [0.4, 0.5) is 14.9 Å². The number of fused-ring (bicyclic) bond motifs is 2. The van der Waals surface area contributed by atoms with Gasteiger partial charge in [-0.15, -0.1) is 0 Å². The van der Waals surface area contributed by atoms with Crippen molar-refractivity contribution < 1.29 is 19.1 Å². The van der Waals surface area contributed by atoms with E-state index in [-0.39, 0.29) is 11.7 Å². The average molecular weight is 278 g/mol. The molecule has 1 saturated heterocycles. The molecule has 0 unspecified atom stereocenters. The molecule has 0 aliphatic carbocycles. The summed E-state index contributed by atoms with van der Waals surface area (Å²) >= 11 is 0. The molecule has 2 amide bonds. The summed E-state index contributed by atoms with van der Waals surface area (Å²) in [4.78, 5) is 26.4. The molecule has 0 radical (unpaired) electrons. The van der Waals surface area contributed by atoms with Crippen LogP contribution >= 0.6 is 0 Å².